The molecule has 2 N–H and O–H groups in total. The normalized spacial score (nSPS) is 11.2. The minimum atomic E-state index is 0.599. The third kappa shape index (κ3) is 4.92. The molecule has 0 aliphatic heterocycles. The Morgan fingerprint density at radius 2 is 1.96 bits per heavy atom. The van der Waals surface area contributed by atoms with Crippen molar-refractivity contribution in [3.63, 3.8) is 0 Å². The molecule has 0 atom stereocenters. The highest BCUT2D eigenvalue weighted by Gasteiger charge is 2.10. The van der Waals surface area contributed by atoms with Crippen molar-refractivity contribution in [3.8, 4) is 11.5 Å². The molecule has 0 saturated carbocycles. The molecule has 1 aromatic carbocycles. The van der Waals surface area contributed by atoms with E-state index in [1.807, 2.05) is 24.3 Å². The summed E-state index contributed by atoms with van der Waals surface area (Å²) >= 11 is 3.55. The van der Waals surface area contributed by atoms with E-state index >= 15 is 0 Å². The first kappa shape index (κ1) is 18.2. The zero-order valence-corrected chi connectivity index (χ0v) is 15.6. The molecule has 0 fully saturated rings. The number of hydrogen-bond acceptors (Lipinski definition) is 4. The molecule has 0 saturated heterocycles. The van der Waals surface area contributed by atoms with Gasteiger partial charge in [0.2, 0.25) is 0 Å². The molecule has 0 aliphatic carbocycles. The van der Waals surface area contributed by atoms with Crippen LogP contribution in [0.1, 0.15) is 11.3 Å². The standard InChI is InChI=1S/C17H22BrN3O3/c1-19-17(20-7-6-13-5-4-8-24-13)21-11-12-9-15(22-2)16(23-3)10-14(12)18/h4-5,8-10H,6-7,11H2,1-3H3,(H2,19,20,21). The molecule has 24 heavy (non-hydrogen) atoms. The number of methoxy groups -OCH3 is 2. The lowest BCUT2D eigenvalue weighted by Gasteiger charge is -2.14. The van der Waals surface area contributed by atoms with Crippen LogP contribution in [-0.4, -0.2) is 33.8 Å². The monoisotopic (exact) mass is 395 g/mol. The maximum atomic E-state index is 5.34. The first-order valence-electron chi connectivity index (χ1n) is 7.55. The molecule has 0 radical (unpaired) electrons. The fourth-order valence-electron chi connectivity index (χ4n) is 2.19. The number of benzene rings is 1. The molecule has 0 bridgehead atoms. The van der Waals surface area contributed by atoms with Crippen LogP contribution in [0, 0.1) is 0 Å². The molecule has 1 aromatic heterocycles. The predicted molar refractivity (Wildman–Crippen MR) is 97.9 cm³/mol. The molecule has 6 nitrogen and oxygen atoms in total. The van der Waals surface area contributed by atoms with Crippen molar-refractivity contribution in [1.82, 2.24) is 10.6 Å². The quantitative estimate of drug-likeness (QED) is 0.557. The fourth-order valence-corrected chi connectivity index (χ4v) is 2.65. The van der Waals surface area contributed by atoms with E-state index in [9.17, 15) is 0 Å². The number of aliphatic imine (C=N–C) groups is 1. The van der Waals surface area contributed by atoms with Crippen LogP contribution in [0.2, 0.25) is 0 Å². The Morgan fingerprint density at radius 1 is 1.21 bits per heavy atom. The van der Waals surface area contributed by atoms with Gasteiger partial charge in [0.1, 0.15) is 5.76 Å². The average molecular weight is 396 g/mol. The summed E-state index contributed by atoms with van der Waals surface area (Å²) in [5, 5.41) is 6.53. The largest absolute Gasteiger partial charge is 0.493 e. The van der Waals surface area contributed by atoms with Crippen molar-refractivity contribution in [2.45, 2.75) is 13.0 Å². The summed E-state index contributed by atoms with van der Waals surface area (Å²) in [6, 6.07) is 7.67. The number of rotatable bonds is 7. The fraction of sp³-hybridized carbons (Fsp3) is 0.353. The summed E-state index contributed by atoms with van der Waals surface area (Å²) in [7, 11) is 4.98. The van der Waals surface area contributed by atoms with E-state index in [0.717, 1.165) is 34.7 Å². The van der Waals surface area contributed by atoms with Crippen LogP contribution in [0.25, 0.3) is 0 Å². The van der Waals surface area contributed by atoms with Crippen molar-refractivity contribution in [1.29, 1.82) is 0 Å². The van der Waals surface area contributed by atoms with E-state index in [1.165, 1.54) is 0 Å². The summed E-state index contributed by atoms with van der Waals surface area (Å²) < 4.78 is 16.9. The molecule has 0 spiro atoms. The van der Waals surface area contributed by atoms with Crippen molar-refractivity contribution >= 4 is 21.9 Å². The average Bonchev–Trinajstić information content (AvgIpc) is 3.11. The first-order chi connectivity index (χ1) is 11.7. The molecule has 0 amide bonds. The van der Waals surface area contributed by atoms with Gasteiger partial charge in [-0.1, -0.05) is 15.9 Å². The van der Waals surface area contributed by atoms with Crippen molar-refractivity contribution in [2.24, 2.45) is 4.99 Å². The van der Waals surface area contributed by atoms with Gasteiger partial charge in [0.05, 0.1) is 20.5 Å². The van der Waals surface area contributed by atoms with E-state index in [-0.39, 0.29) is 0 Å². The SMILES string of the molecule is CN=C(NCCc1ccco1)NCc1cc(OC)c(OC)cc1Br. The number of ether oxygens (including phenoxy) is 2. The third-order valence-electron chi connectivity index (χ3n) is 3.47. The van der Waals surface area contributed by atoms with E-state index in [0.29, 0.717) is 18.0 Å². The van der Waals surface area contributed by atoms with Gasteiger partial charge >= 0.3 is 0 Å². The lowest BCUT2D eigenvalue weighted by molar-refractivity contribution is 0.354. The van der Waals surface area contributed by atoms with Crippen LogP contribution in [0.4, 0.5) is 0 Å². The lowest BCUT2D eigenvalue weighted by atomic mass is 10.2. The summed E-state index contributed by atoms with van der Waals surface area (Å²) in [5.41, 5.74) is 1.04. The summed E-state index contributed by atoms with van der Waals surface area (Å²) in [4.78, 5) is 4.22. The van der Waals surface area contributed by atoms with Gasteiger partial charge in [-0.3, -0.25) is 4.99 Å². The highest BCUT2D eigenvalue weighted by Crippen LogP contribution is 2.33. The topological polar surface area (TPSA) is 68.0 Å². The van der Waals surface area contributed by atoms with Crippen LogP contribution in [0.5, 0.6) is 11.5 Å². The number of hydrogen-bond donors (Lipinski definition) is 2. The van der Waals surface area contributed by atoms with Crippen molar-refractivity contribution in [2.75, 3.05) is 27.8 Å². The second kappa shape index (κ2) is 9.22. The Morgan fingerprint density at radius 3 is 2.58 bits per heavy atom. The Bertz CT molecular complexity index is 672. The molecule has 1 heterocycles. The minimum absolute atomic E-state index is 0.599. The molecule has 0 aliphatic rings. The van der Waals surface area contributed by atoms with E-state index in [2.05, 4.69) is 31.6 Å². The minimum Gasteiger partial charge on any atom is -0.493 e. The second-order valence-corrected chi connectivity index (χ2v) is 5.83. The smallest absolute Gasteiger partial charge is 0.191 e. The first-order valence-corrected chi connectivity index (χ1v) is 8.34. The molecule has 7 heteroatoms. The van der Waals surface area contributed by atoms with Crippen LogP contribution in [-0.2, 0) is 13.0 Å². The molecule has 130 valence electrons. The molecule has 2 rings (SSSR count). The van der Waals surface area contributed by atoms with Gasteiger partial charge in [-0.15, -0.1) is 0 Å². The van der Waals surface area contributed by atoms with Gasteiger partial charge < -0.3 is 24.5 Å². The Labute approximate surface area is 150 Å². The number of furan rings is 1. The maximum absolute atomic E-state index is 5.34. The predicted octanol–water partition coefficient (Wildman–Crippen LogP) is 2.97. The van der Waals surface area contributed by atoms with E-state index < -0.39 is 0 Å². The van der Waals surface area contributed by atoms with E-state index in [4.69, 9.17) is 13.9 Å². The number of nitrogens with zero attached hydrogens (tertiary/aromatic N) is 1. The summed E-state index contributed by atoms with van der Waals surface area (Å²) in [6.07, 6.45) is 2.48. The molecular weight excluding hydrogens is 374 g/mol. The third-order valence-corrected chi connectivity index (χ3v) is 4.20. The zero-order valence-electron chi connectivity index (χ0n) is 14.1. The number of nitrogens with one attached hydrogen (secondary N) is 2. The molecular formula is C17H22BrN3O3. The van der Waals surface area contributed by atoms with Gasteiger partial charge in [0.25, 0.3) is 0 Å². The van der Waals surface area contributed by atoms with Gasteiger partial charge in [0.15, 0.2) is 17.5 Å². The van der Waals surface area contributed by atoms with Crippen LogP contribution >= 0.6 is 15.9 Å². The Balaban J connectivity index is 1.90. The van der Waals surface area contributed by atoms with Gasteiger partial charge in [-0.2, -0.15) is 0 Å². The van der Waals surface area contributed by atoms with Gasteiger partial charge in [0, 0.05) is 31.0 Å². The van der Waals surface area contributed by atoms with Crippen molar-refractivity contribution in [3.05, 3.63) is 46.3 Å². The van der Waals surface area contributed by atoms with E-state index in [1.54, 1.807) is 27.5 Å². The number of guanidine groups is 1. The highest BCUT2D eigenvalue weighted by molar-refractivity contribution is 9.10. The second-order valence-electron chi connectivity index (χ2n) is 4.98. The maximum Gasteiger partial charge on any atom is 0.191 e. The molecule has 0 unspecified atom stereocenters. The summed E-state index contributed by atoms with van der Waals surface area (Å²) in [6.45, 7) is 1.33. The lowest BCUT2D eigenvalue weighted by Crippen LogP contribution is -2.37. The molecule has 2 aromatic rings. The van der Waals surface area contributed by atoms with Gasteiger partial charge in [-0.25, -0.2) is 0 Å². The van der Waals surface area contributed by atoms with Crippen LogP contribution in [0.15, 0.2) is 44.4 Å². The Kier molecular flexibility index (Phi) is 6.99. The Hall–Kier alpha value is -2.15. The highest BCUT2D eigenvalue weighted by atomic mass is 79.9. The van der Waals surface area contributed by atoms with Crippen molar-refractivity contribution < 1.29 is 13.9 Å². The van der Waals surface area contributed by atoms with Gasteiger partial charge in [-0.05, 0) is 29.8 Å². The number of halogens is 1. The summed E-state index contributed by atoms with van der Waals surface area (Å²) in [5.74, 6) is 3.05. The van der Waals surface area contributed by atoms with Crippen LogP contribution < -0.4 is 20.1 Å². The van der Waals surface area contributed by atoms with Crippen LogP contribution in [0.3, 0.4) is 0 Å². The zero-order chi connectivity index (χ0) is 17.4.